The SMILES string of the molecule is CCOC(=O)c1c(-n2ccc3nc4ccn([C@@H]5CCCC[C@H]5C)c(=O)c4cc3c2=O)n[nH]c1C. The molecule has 9 heteroatoms. The number of carbonyl (C=O) groups excluding carboxylic acids is 1. The monoisotopic (exact) mass is 461 g/mol. The van der Waals surface area contributed by atoms with Crippen LogP contribution >= 0.6 is 0 Å². The first-order chi connectivity index (χ1) is 16.4. The van der Waals surface area contributed by atoms with Gasteiger partial charge in [0.25, 0.3) is 11.1 Å². The molecule has 0 amide bonds. The molecule has 0 saturated heterocycles. The van der Waals surface area contributed by atoms with Crippen molar-refractivity contribution >= 4 is 27.8 Å². The van der Waals surface area contributed by atoms with Crippen LogP contribution in [0.4, 0.5) is 0 Å². The summed E-state index contributed by atoms with van der Waals surface area (Å²) in [5.74, 6) is 0.0140. The molecule has 176 valence electrons. The Morgan fingerprint density at radius 3 is 2.56 bits per heavy atom. The Kier molecular flexibility index (Phi) is 5.55. The van der Waals surface area contributed by atoms with Gasteiger partial charge in [0.1, 0.15) is 5.56 Å². The summed E-state index contributed by atoms with van der Waals surface area (Å²) in [6.45, 7) is 5.80. The minimum absolute atomic E-state index is 0.136. The maximum atomic E-state index is 13.5. The van der Waals surface area contributed by atoms with E-state index >= 15 is 0 Å². The lowest BCUT2D eigenvalue weighted by molar-refractivity contribution is 0.0525. The molecular weight excluding hydrogens is 434 g/mol. The summed E-state index contributed by atoms with van der Waals surface area (Å²) in [5.41, 5.74) is 1.18. The Balaban J connectivity index is 1.69. The van der Waals surface area contributed by atoms with E-state index in [9.17, 15) is 14.4 Å². The lowest BCUT2D eigenvalue weighted by Gasteiger charge is -2.30. The molecule has 1 fully saturated rings. The van der Waals surface area contributed by atoms with E-state index in [0.717, 1.165) is 19.3 Å². The van der Waals surface area contributed by atoms with Crippen molar-refractivity contribution in [3.05, 3.63) is 62.6 Å². The highest BCUT2D eigenvalue weighted by Crippen LogP contribution is 2.33. The van der Waals surface area contributed by atoms with E-state index in [-0.39, 0.29) is 35.0 Å². The van der Waals surface area contributed by atoms with Gasteiger partial charge in [0.15, 0.2) is 5.82 Å². The van der Waals surface area contributed by atoms with Crippen molar-refractivity contribution < 1.29 is 9.53 Å². The van der Waals surface area contributed by atoms with Crippen molar-refractivity contribution in [3.63, 3.8) is 0 Å². The first-order valence-electron chi connectivity index (χ1n) is 11.7. The predicted molar refractivity (Wildman–Crippen MR) is 129 cm³/mol. The number of hydrogen-bond donors (Lipinski definition) is 1. The molecule has 9 nitrogen and oxygen atoms in total. The Hall–Kier alpha value is -3.75. The highest BCUT2D eigenvalue weighted by Gasteiger charge is 2.25. The standard InChI is InChI=1S/C25H27N5O4/c1-4-34-25(33)21-15(3)27-28-22(21)30-12-10-19-17(24(30)32)13-16-18(26-19)9-11-29(23(16)31)20-8-6-5-7-14(20)2/h9-14,20H,4-8H2,1-3H3,(H,27,28)/t14-,20-/m1/s1. The highest BCUT2D eigenvalue weighted by molar-refractivity contribution is 5.95. The van der Waals surface area contributed by atoms with E-state index in [2.05, 4.69) is 22.1 Å². The number of carbonyl (C=O) groups is 1. The van der Waals surface area contributed by atoms with Crippen LogP contribution < -0.4 is 11.1 Å². The maximum absolute atomic E-state index is 13.5. The summed E-state index contributed by atoms with van der Waals surface area (Å²) in [5, 5.41) is 7.63. The van der Waals surface area contributed by atoms with E-state index in [0.29, 0.717) is 28.0 Å². The zero-order valence-electron chi connectivity index (χ0n) is 19.5. The van der Waals surface area contributed by atoms with E-state index < -0.39 is 11.5 Å². The van der Waals surface area contributed by atoms with Crippen molar-refractivity contribution in [2.24, 2.45) is 5.92 Å². The quantitative estimate of drug-likeness (QED) is 0.367. The topological polar surface area (TPSA) is 112 Å². The molecule has 0 aliphatic heterocycles. The second-order valence-corrected chi connectivity index (χ2v) is 8.97. The number of nitrogens with one attached hydrogen (secondary N) is 1. The van der Waals surface area contributed by atoms with Crippen LogP contribution in [0, 0.1) is 12.8 Å². The molecule has 5 rings (SSSR count). The second-order valence-electron chi connectivity index (χ2n) is 8.97. The summed E-state index contributed by atoms with van der Waals surface area (Å²) >= 11 is 0. The van der Waals surface area contributed by atoms with Gasteiger partial charge in [0.05, 0.1) is 28.4 Å². The Bertz CT molecular complexity index is 1530. The zero-order valence-corrected chi connectivity index (χ0v) is 19.5. The van der Waals surface area contributed by atoms with Crippen LogP contribution in [0.2, 0.25) is 0 Å². The zero-order chi connectivity index (χ0) is 24.0. The van der Waals surface area contributed by atoms with Gasteiger partial charge in [-0.15, -0.1) is 0 Å². The molecule has 1 aliphatic carbocycles. The van der Waals surface area contributed by atoms with Gasteiger partial charge < -0.3 is 9.30 Å². The number of fused-ring (bicyclic) bond motifs is 2. The summed E-state index contributed by atoms with van der Waals surface area (Å²) in [6, 6.07) is 5.29. The lowest BCUT2D eigenvalue weighted by atomic mass is 9.85. The number of ether oxygens (including phenoxy) is 1. The molecule has 1 saturated carbocycles. The molecule has 0 bridgehead atoms. The van der Waals surface area contributed by atoms with Crippen LogP contribution in [0.25, 0.3) is 27.6 Å². The van der Waals surface area contributed by atoms with Gasteiger partial charge in [-0.05, 0) is 50.8 Å². The molecular formula is C25H27N5O4. The largest absolute Gasteiger partial charge is 0.462 e. The third-order valence-corrected chi connectivity index (χ3v) is 6.83. The molecule has 0 aromatic carbocycles. The van der Waals surface area contributed by atoms with Crippen LogP contribution in [0.3, 0.4) is 0 Å². The maximum Gasteiger partial charge on any atom is 0.343 e. The van der Waals surface area contributed by atoms with Gasteiger partial charge in [-0.1, -0.05) is 19.8 Å². The fraction of sp³-hybridized carbons (Fsp3) is 0.400. The fourth-order valence-corrected chi connectivity index (χ4v) is 5.02. The molecule has 1 aliphatic rings. The van der Waals surface area contributed by atoms with Gasteiger partial charge >= 0.3 is 5.97 Å². The number of aromatic nitrogens is 5. The molecule has 0 unspecified atom stereocenters. The Labute approximate surface area is 195 Å². The summed E-state index contributed by atoms with van der Waals surface area (Å²) in [7, 11) is 0. The third-order valence-electron chi connectivity index (χ3n) is 6.83. The molecule has 2 atom stereocenters. The number of pyridine rings is 3. The van der Waals surface area contributed by atoms with E-state index in [4.69, 9.17) is 4.74 Å². The predicted octanol–water partition coefficient (Wildman–Crippen LogP) is 3.66. The Morgan fingerprint density at radius 1 is 1.12 bits per heavy atom. The molecule has 34 heavy (non-hydrogen) atoms. The molecule has 4 heterocycles. The number of hydrogen-bond acceptors (Lipinski definition) is 6. The fourth-order valence-electron chi connectivity index (χ4n) is 5.02. The number of esters is 1. The molecule has 4 aromatic rings. The average Bonchev–Trinajstić information content (AvgIpc) is 3.21. The number of aryl methyl sites for hydroxylation is 1. The van der Waals surface area contributed by atoms with Crippen LogP contribution in [0.1, 0.15) is 61.6 Å². The van der Waals surface area contributed by atoms with Crippen LogP contribution in [-0.2, 0) is 4.74 Å². The van der Waals surface area contributed by atoms with Gasteiger partial charge in [-0.25, -0.2) is 9.78 Å². The smallest absolute Gasteiger partial charge is 0.343 e. The molecule has 4 aromatic heterocycles. The summed E-state index contributed by atoms with van der Waals surface area (Å²) in [6.07, 6.45) is 7.72. The Morgan fingerprint density at radius 2 is 1.82 bits per heavy atom. The minimum atomic E-state index is -0.558. The number of nitrogens with zero attached hydrogens (tertiary/aromatic N) is 4. The van der Waals surface area contributed by atoms with Gasteiger partial charge in [-0.3, -0.25) is 19.3 Å². The van der Waals surface area contributed by atoms with E-state index in [1.165, 1.54) is 17.2 Å². The molecule has 1 N–H and O–H groups in total. The van der Waals surface area contributed by atoms with Crippen molar-refractivity contribution in [2.75, 3.05) is 6.61 Å². The summed E-state index contributed by atoms with van der Waals surface area (Å²) < 4.78 is 8.23. The van der Waals surface area contributed by atoms with Gasteiger partial charge in [-0.2, -0.15) is 5.10 Å². The normalized spacial score (nSPS) is 18.4. The first kappa shape index (κ1) is 22.1. The second kappa shape index (κ2) is 8.55. The van der Waals surface area contributed by atoms with Gasteiger partial charge in [0, 0.05) is 24.1 Å². The minimum Gasteiger partial charge on any atom is -0.462 e. The number of aromatic amines is 1. The van der Waals surface area contributed by atoms with Crippen molar-refractivity contribution in [2.45, 2.75) is 52.5 Å². The first-order valence-corrected chi connectivity index (χ1v) is 11.7. The van der Waals surface area contributed by atoms with E-state index in [1.807, 2.05) is 12.3 Å². The average molecular weight is 462 g/mol. The van der Waals surface area contributed by atoms with Crippen LogP contribution in [-0.4, -0.2) is 36.9 Å². The van der Waals surface area contributed by atoms with Crippen molar-refractivity contribution in [1.29, 1.82) is 0 Å². The summed E-state index contributed by atoms with van der Waals surface area (Å²) in [4.78, 5) is 44.0. The van der Waals surface area contributed by atoms with Crippen molar-refractivity contribution in [3.8, 4) is 5.82 Å². The lowest BCUT2D eigenvalue weighted by Crippen LogP contribution is -2.30. The number of H-pyrrole nitrogens is 1. The third kappa shape index (κ3) is 3.52. The number of rotatable bonds is 4. The van der Waals surface area contributed by atoms with Crippen LogP contribution in [0.15, 0.2) is 40.2 Å². The molecule has 0 radical (unpaired) electrons. The van der Waals surface area contributed by atoms with Crippen molar-refractivity contribution in [1.82, 2.24) is 24.3 Å². The van der Waals surface area contributed by atoms with Gasteiger partial charge in [0.2, 0.25) is 0 Å². The van der Waals surface area contributed by atoms with E-state index in [1.54, 1.807) is 30.5 Å². The molecule has 0 spiro atoms. The highest BCUT2D eigenvalue weighted by atomic mass is 16.5. The van der Waals surface area contributed by atoms with Crippen LogP contribution in [0.5, 0.6) is 0 Å².